The maximum Gasteiger partial charge on any atom is 0.238 e. The van der Waals surface area contributed by atoms with Gasteiger partial charge in [-0.15, -0.1) is 0 Å². The van der Waals surface area contributed by atoms with Gasteiger partial charge in [0.25, 0.3) is 0 Å². The molecule has 7 heteroatoms. The summed E-state index contributed by atoms with van der Waals surface area (Å²) in [6, 6.07) is 5.29. The van der Waals surface area contributed by atoms with Crippen LogP contribution in [0.3, 0.4) is 0 Å². The van der Waals surface area contributed by atoms with Gasteiger partial charge in [0.15, 0.2) is 11.5 Å². The number of hydrogen-bond acceptors (Lipinski definition) is 5. The van der Waals surface area contributed by atoms with E-state index < -0.39 is 0 Å². The lowest BCUT2D eigenvalue weighted by atomic mass is 10.1. The van der Waals surface area contributed by atoms with Crippen molar-refractivity contribution in [3.05, 3.63) is 18.2 Å². The predicted octanol–water partition coefficient (Wildman–Crippen LogP) is 1.63. The fourth-order valence-electron chi connectivity index (χ4n) is 2.47. The van der Waals surface area contributed by atoms with Gasteiger partial charge in [0.2, 0.25) is 11.8 Å². The molecule has 0 fully saturated rings. The maximum absolute atomic E-state index is 12.3. The van der Waals surface area contributed by atoms with Crippen molar-refractivity contribution in [2.75, 3.05) is 38.2 Å². The van der Waals surface area contributed by atoms with Gasteiger partial charge >= 0.3 is 0 Å². The van der Waals surface area contributed by atoms with Crippen molar-refractivity contribution in [3.63, 3.8) is 0 Å². The summed E-state index contributed by atoms with van der Waals surface area (Å²) in [7, 11) is 0. The molecule has 0 aliphatic carbocycles. The minimum atomic E-state index is -0.288. The average Bonchev–Trinajstić information content (AvgIpc) is 2.52. The second-order valence-electron chi connectivity index (χ2n) is 7.01. The van der Waals surface area contributed by atoms with Crippen molar-refractivity contribution in [1.29, 1.82) is 0 Å². The largest absolute Gasteiger partial charge is 0.486 e. The monoisotopic (exact) mass is 349 g/mol. The van der Waals surface area contributed by atoms with Gasteiger partial charge in [-0.3, -0.25) is 14.5 Å². The number of fused-ring (bicyclic) bond motifs is 1. The normalized spacial score (nSPS) is 13.5. The first-order chi connectivity index (χ1) is 11.8. The maximum atomic E-state index is 12.3. The van der Waals surface area contributed by atoms with Crippen molar-refractivity contribution in [2.24, 2.45) is 0 Å². The SMILES string of the molecule is CCN(CC(=O)Nc1ccc2c(c1)OCCO2)CC(=O)NC(C)(C)C. The van der Waals surface area contributed by atoms with E-state index in [1.807, 2.05) is 27.7 Å². The van der Waals surface area contributed by atoms with Gasteiger partial charge in [-0.25, -0.2) is 0 Å². The second-order valence-corrected chi connectivity index (χ2v) is 7.01. The minimum absolute atomic E-state index is 0.0959. The predicted molar refractivity (Wildman–Crippen MR) is 96.1 cm³/mol. The Kier molecular flexibility index (Phi) is 6.25. The Morgan fingerprint density at radius 1 is 1.08 bits per heavy atom. The van der Waals surface area contributed by atoms with Crippen LogP contribution in [-0.4, -0.2) is 55.1 Å². The number of benzene rings is 1. The number of anilines is 1. The molecule has 1 aliphatic rings. The number of rotatable bonds is 6. The first-order valence-corrected chi connectivity index (χ1v) is 8.49. The molecule has 1 aliphatic heterocycles. The molecule has 1 aromatic rings. The molecule has 0 spiro atoms. The van der Waals surface area contributed by atoms with Crippen molar-refractivity contribution < 1.29 is 19.1 Å². The Labute approximate surface area is 148 Å². The Balaban J connectivity index is 1.88. The van der Waals surface area contributed by atoms with E-state index in [0.29, 0.717) is 36.9 Å². The summed E-state index contributed by atoms with van der Waals surface area (Å²) in [5.74, 6) is 1.03. The van der Waals surface area contributed by atoms with Gasteiger partial charge in [-0.2, -0.15) is 0 Å². The molecule has 1 heterocycles. The number of likely N-dealkylation sites (N-methyl/N-ethyl adjacent to an activating group) is 1. The molecule has 0 saturated carbocycles. The van der Waals surface area contributed by atoms with Gasteiger partial charge < -0.3 is 20.1 Å². The lowest BCUT2D eigenvalue weighted by Crippen LogP contribution is -2.47. The third kappa shape index (κ3) is 6.26. The molecule has 2 rings (SSSR count). The molecule has 2 N–H and O–H groups in total. The zero-order valence-electron chi connectivity index (χ0n) is 15.3. The van der Waals surface area contributed by atoms with Gasteiger partial charge in [-0.1, -0.05) is 6.92 Å². The summed E-state index contributed by atoms with van der Waals surface area (Å²) in [5.41, 5.74) is 0.355. The number of carbonyl (C=O) groups is 2. The topological polar surface area (TPSA) is 79.9 Å². The zero-order valence-corrected chi connectivity index (χ0v) is 15.3. The van der Waals surface area contributed by atoms with Crippen molar-refractivity contribution in [3.8, 4) is 11.5 Å². The number of ether oxygens (including phenoxy) is 2. The fraction of sp³-hybridized carbons (Fsp3) is 0.556. The molecule has 138 valence electrons. The minimum Gasteiger partial charge on any atom is -0.486 e. The number of nitrogens with zero attached hydrogens (tertiary/aromatic N) is 1. The molecule has 0 bridgehead atoms. The number of carbonyl (C=O) groups excluding carboxylic acids is 2. The smallest absolute Gasteiger partial charge is 0.238 e. The van der Waals surface area contributed by atoms with E-state index >= 15 is 0 Å². The summed E-state index contributed by atoms with van der Waals surface area (Å²) >= 11 is 0. The summed E-state index contributed by atoms with van der Waals surface area (Å²) in [6.07, 6.45) is 0. The number of amides is 2. The van der Waals surface area contributed by atoms with Crippen LogP contribution in [0.1, 0.15) is 27.7 Å². The summed E-state index contributed by atoms with van der Waals surface area (Å²) in [6.45, 7) is 9.65. The lowest BCUT2D eigenvalue weighted by Gasteiger charge is -2.24. The lowest BCUT2D eigenvalue weighted by molar-refractivity contribution is -0.124. The summed E-state index contributed by atoms with van der Waals surface area (Å²) < 4.78 is 11.0. The third-order valence-corrected chi connectivity index (χ3v) is 3.52. The van der Waals surface area contributed by atoms with Crippen molar-refractivity contribution in [2.45, 2.75) is 33.2 Å². The number of hydrogen-bond donors (Lipinski definition) is 2. The molecular formula is C18H27N3O4. The average molecular weight is 349 g/mol. The fourth-order valence-corrected chi connectivity index (χ4v) is 2.47. The van der Waals surface area contributed by atoms with E-state index in [4.69, 9.17) is 9.47 Å². The van der Waals surface area contributed by atoms with E-state index in [9.17, 15) is 9.59 Å². The Morgan fingerprint density at radius 2 is 1.72 bits per heavy atom. The molecule has 25 heavy (non-hydrogen) atoms. The molecule has 0 unspecified atom stereocenters. The molecular weight excluding hydrogens is 322 g/mol. The molecule has 0 aromatic heterocycles. The van der Waals surface area contributed by atoms with Crippen LogP contribution in [0.25, 0.3) is 0 Å². The highest BCUT2D eigenvalue weighted by Crippen LogP contribution is 2.32. The van der Waals surface area contributed by atoms with Gasteiger partial charge in [0, 0.05) is 17.3 Å². The van der Waals surface area contributed by atoms with Crippen molar-refractivity contribution >= 4 is 17.5 Å². The third-order valence-electron chi connectivity index (χ3n) is 3.52. The van der Waals surface area contributed by atoms with Crippen LogP contribution in [0.4, 0.5) is 5.69 Å². The first-order valence-electron chi connectivity index (χ1n) is 8.49. The van der Waals surface area contributed by atoms with E-state index in [-0.39, 0.29) is 30.4 Å². The van der Waals surface area contributed by atoms with Crippen LogP contribution in [0.15, 0.2) is 18.2 Å². The molecule has 0 atom stereocenters. The Hall–Kier alpha value is -2.28. The quantitative estimate of drug-likeness (QED) is 0.816. The molecule has 0 saturated heterocycles. The zero-order chi connectivity index (χ0) is 18.4. The van der Waals surface area contributed by atoms with Crippen LogP contribution in [0.5, 0.6) is 11.5 Å². The van der Waals surface area contributed by atoms with Crippen LogP contribution in [-0.2, 0) is 9.59 Å². The summed E-state index contributed by atoms with van der Waals surface area (Å²) in [4.78, 5) is 26.1. The van der Waals surface area contributed by atoms with Gasteiger partial charge in [0.05, 0.1) is 13.1 Å². The van der Waals surface area contributed by atoms with E-state index in [1.54, 1.807) is 23.1 Å². The van der Waals surface area contributed by atoms with Crippen LogP contribution in [0.2, 0.25) is 0 Å². The highest BCUT2D eigenvalue weighted by molar-refractivity contribution is 5.93. The molecule has 2 amide bonds. The molecule has 1 aromatic carbocycles. The van der Waals surface area contributed by atoms with Crippen LogP contribution >= 0.6 is 0 Å². The molecule has 0 radical (unpaired) electrons. The number of nitrogens with one attached hydrogen (secondary N) is 2. The van der Waals surface area contributed by atoms with Crippen molar-refractivity contribution in [1.82, 2.24) is 10.2 Å². The van der Waals surface area contributed by atoms with Crippen LogP contribution < -0.4 is 20.1 Å². The van der Waals surface area contributed by atoms with Gasteiger partial charge in [-0.05, 0) is 39.4 Å². The first kappa shape index (κ1) is 19.1. The molecule has 7 nitrogen and oxygen atoms in total. The highest BCUT2D eigenvalue weighted by Gasteiger charge is 2.18. The standard InChI is InChI=1S/C18H27N3O4/c1-5-21(12-17(23)20-18(2,3)4)11-16(22)19-13-6-7-14-15(10-13)25-9-8-24-14/h6-7,10H,5,8-9,11-12H2,1-4H3,(H,19,22)(H,20,23). The highest BCUT2D eigenvalue weighted by atomic mass is 16.6. The van der Waals surface area contributed by atoms with E-state index in [2.05, 4.69) is 10.6 Å². The van der Waals surface area contributed by atoms with E-state index in [1.165, 1.54) is 0 Å². The van der Waals surface area contributed by atoms with Gasteiger partial charge in [0.1, 0.15) is 13.2 Å². The van der Waals surface area contributed by atoms with Crippen LogP contribution in [0, 0.1) is 0 Å². The summed E-state index contributed by atoms with van der Waals surface area (Å²) in [5, 5.41) is 5.73. The second kappa shape index (κ2) is 8.20. The van der Waals surface area contributed by atoms with E-state index in [0.717, 1.165) is 0 Å². The Morgan fingerprint density at radius 3 is 2.36 bits per heavy atom. The Bertz CT molecular complexity index is 625.